The van der Waals surface area contributed by atoms with Gasteiger partial charge in [-0.1, -0.05) is 31.2 Å². The maximum Gasteiger partial charge on any atom is 0.460 e. The Bertz CT molecular complexity index is 551. The zero-order chi connectivity index (χ0) is 18.3. The summed E-state index contributed by atoms with van der Waals surface area (Å²) in [5, 5.41) is 9.39. The number of alkyl halides is 9. The third-order valence-electron chi connectivity index (χ3n) is 3.24. The van der Waals surface area contributed by atoms with Gasteiger partial charge in [0, 0.05) is 0 Å². The van der Waals surface area contributed by atoms with Gasteiger partial charge in [0.1, 0.15) is 6.10 Å². The van der Waals surface area contributed by atoms with Crippen LogP contribution in [0, 0.1) is 0 Å². The van der Waals surface area contributed by atoms with Crippen LogP contribution in [0.15, 0.2) is 24.3 Å². The monoisotopic (exact) mass is 354 g/mol. The second-order valence-electron chi connectivity index (χ2n) is 4.72. The molecular formula is C13H11F9O. The maximum atomic E-state index is 13.6. The third-order valence-corrected chi connectivity index (χ3v) is 3.24. The highest BCUT2D eigenvalue weighted by molar-refractivity contribution is 5.31. The molecule has 0 aliphatic carbocycles. The Balaban J connectivity index is 3.39. The van der Waals surface area contributed by atoms with Gasteiger partial charge in [0.2, 0.25) is 0 Å². The Hall–Kier alpha value is -1.45. The molecule has 0 spiro atoms. The summed E-state index contributed by atoms with van der Waals surface area (Å²) < 4.78 is 115. The summed E-state index contributed by atoms with van der Waals surface area (Å²) in [5.74, 6) is -19.9. The van der Waals surface area contributed by atoms with Crippen molar-refractivity contribution in [3.05, 3.63) is 35.4 Å². The minimum atomic E-state index is -7.02. The van der Waals surface area contributed by atoms with E-state index in [4.69, 9.17) is 0 Å². The summed E-state index contributed by atoms with van der Waals surface area (Å²) in [4.78, 5) is 0. The molecule has 1 aromatic carbocycles. The molecule has 1 N–H and O–H groups in total. The molecule has 0 aliphatic rings. The van der Waals surface area contributed by atoms with Crippen LogP contribution in [-0.2, 0) is 6.42 Å². The van der Waals surface area contributed by atoms with Crippen molar-refractivity contribution in [3.63, 3.8) is 0 Å². The highest BCUT2D eigenvalue weighted by Crippen LogP contribution is 2.56. The van der Waals surface area contributed by atoms with E-state index in [1.54, 1.807) is 0 Å². The zero-order valence-corrected chi connectivity index (χ0v) is 11.4. The SMILES string of the molecule is CCc1ccccc1C(O)C(F)(F)C(F)(F)C(F)(F)C(F)(F)F. The standard InChI is InChI=1S/C13H11F9O/c1-2-7-5-3-4-6-8(7)9(23)10(14,15)11(16,17)12(18,19)13(20,21)22/h3-6,9,23H,2H2,1H3. The number of aryl methyl sites for hydroxylation is 1. The summed E-state index contributed by atoms with van der Waals surface area (Å²) in [5.41, 5.74) is -0.941. The van der Waals surface area contributed by atoms with E-state index < -0.39 is 35.6 Å². The lowest BCUT2D eigenvalue weighted by atomic mass is 9.91. The Morgan fingerprint density at radius 1 is 0.870 bits per heavy atom. The molecule has 1 nitrogen and oxygen atoms in total. The lowest BCUT2D eigenvalue weighted by Crippen LogP contribution is -2.62. The number of hydrogen-bond donors (Lipinski definition) is 1. The summed E-state index contributed by atoms with van der Waals surface area (Å²) in [7, 11) is 0. The number of hydrogen-bond acceptors (Lipinski definition) is 1. The minimum absolute atomic E-state index is 0.0372. The summed E-state index contributed by atoms with van der Waals surface area (Å²) in [6, 6.07) is 4.25. The van der Waals surface area contributed by atoms with E-state index in [1.807, 2.05) is 0 Å². The molecule has 10 heteroatoms. The van der Waals surface area contributed by atoms with Crippen LogP contribution >= 0.6 is 0 Å². The van der Waals surface area contributed by atoms with Gasteiger partial charge >= 0.3 is 23.9 Å². The molecule has 0 aliphatic heterocycles. The molecule has 1 unspecified atom stereocenters. The first-order valence-electron chi connectivity index (χ1n) is 6.17. The predicted octanol–water partition coefficient (Wildman–Crippen LogP) is 4.75. The van der Waals surface area contributed by atoms with Gasteiger partial charge in [-0.3, -0.25) is 0 Å². The van der Waals surface area contributed by atoms with Crippen molar-refractivity contribution in [1.29, 1.82) is 0 Å². The second-order valence-corrected chi connectivity index (χ2v) is 4.72. The van der Waals surface area contributed by atoms with E-state index in [0.717, 1.165) is 18.2 Å². The van der Waals surface area contributed by atoms with Crippen molar-refractivity contribution >= 4 is 0 Å². The van der Waals surface area contributed by atoms with E-state index in [9.17, 15) is 44.6 Å². The number of halogens is 9. The van der Waals surface area contributed by atoms with Gasteiger partial charge in [-0.25, -0.2) is 0 Å². The van der Waals surface area contributed by atoms with Gasteiger partial charge in [-0.05, 0) is 17.5 Å². The van der Waals surface area contributed by atoms with Crippen molar-refractivity contribution in [3.8, 4) is 0 Å². The van der Waals surface area contributed by atoms with E-state index in [0.29, 0.717) is 0 Å². The topological polar surface area (TPSA) is 20.2 Å². The lowest BCUT2D eigenvalue weighted by Gasteiger charge is -2.36. The van der Waals surface area contributed by atoms with Crippen LogP contribution in [0.25, 0.3) is 0 Å². The quantitative estimate of drug-likeness (QED) is 0.757. The average Bonchev–Trinajstić information content (AvgIpc) is 2.44. The molecule has 132 valence electrons. The minimum Gasteiger partial charge on any atom is -0.382 e. The fraction of sp³-hybridized carbons (Fsp3) is 0.538. The molecule has 0 heterocycles. The fourth-order valence-corrected chi connectivity index (χ4v) is 1.88. The van der Waals surface area contributed by atoms with Crippen LogP contribution in [0.1, 0.15) is 24.2 Å². The van der Waals surface area contributed by atoms with Gasteiger partial charge in [-0.2, -0.15) is 39.5 Å². The van der Waals surface area contributed by atoms with Crippen molar-refractivity contribution in [2.24, 2.45) is 0 Å². The largest absolute Gasteiger partial charge is 0.460 e. The first kappa shape index (κ1) is 19.6. The molecule has 1 rings (SSSR count). The molecule has 23 heavy (non-hydrogen) atoms. The lowest BCUT2D eigenvalue weighted by molar-refractivity contribution is -0.406. The third kappa shape index (κ3) is 3.00. The summed E-state index contributed by atoms with van der Waals surface area (Å²) in [6.45, 7) is 1.39. The molecule has 0 saturated heterocycles. The van der Waals surface area contributed by atoms with E-state index in [2.05, 4.69) is 0 Å². The molecule has 0 saturated carbocycles. The smallest absolute Gasteiger partial charge is 0.382 e. The van der Waals surface area contributed by atoms with E-state index >= 15 is 0 Å². The van der Waals surface area contributed by atoms with Crippen molar-refractivity contribution < 1.29 is 44.6 Å². The summed E-state index contributed by atoms with van der Waals surface area (Å²) in [6.07, 6.45) is -10.5. The number of aliphatic hydroxyl groups is 1. The van der Waals surface area contributed by atoms with Crippen molar-refractivity contribution in [2.75, 3.05) is 0 Å². The summed E-state index contributed by atoms with van der Waals surface area (Å²) >= 11 is 0. The Morgan fingerprint density at radius 3 is 1.78 bits per heavy atom. The first-order valence-corrected chi connectivity index (χ1v) is 6.17. The van der Waals surface area contributed by atoms with E-state index in [-0.39, 0.29) is 12.0 Å². The molecule has 0 fully saturated rings. The Labute approximate surface area is 124 Å². The zero-order valence-electron chi connectivity index (χ0n) is 11.4. The molecule has 0 aromatic heterocycles. The van der Waals surface area contributed by atoms with Gasteiger partial charge in [0.25, 0.3) is 0 Å². The molecular weight excluding hydrogens is 343 g/mol. The highest BCUT2D eigenvalue weighted by atomic mass is 19.4. The number of benzene rings is 1. The van der Waals surface area contributed by atoms with Crippen LogP contribution in [0.3, 0.4) is 0 Å². The Kier molecular flexibility index (Phi) is 5.01. The van der Waals surface area contributed by atoms with Crippen LogP contribution in [0.5, 0.6) is 0 Å². The van der Waals surface area contributed by atoms with Gasteiger partial charge in [0.15, 0.2) is 0 Å². The number of aliphatic hydroxyl groups excluding tert-OH is 1. The van der Waals surface area contributed by atoms with Gasteiger partial charge < -0.3 is 5.11 Å². The van der Waals surface area contributed by atoms with Gasteiger partial charge in [-0.15, -0.1) is 0 Å². The Morgan fingerprint density at radius 2 is 1.35 bits per heavy atom. The average molecular weight is 354 g/mol. The predicted molar refractivity (Wildman–Crippen MR) is 61.7 cm³/mol. The van der Waals surface area contributed by atoms with Crippen molar-refractivity contribution in [2.45, 2.75) is 43.4 Å². The van der Waals surface area contributed by atoms with Gasteiger partial charge in [0.05, 0.1) is 0 Å². The molecule has 1 atom stereocenters. The van der Waals surface area contributed by atoms with Crippen LogP contribution in [0.2, 0.25) is 0 Å². The van der Waals surface area contributed by atoms with Crippen LogP contribution in [0.4, 0.5) is 39.5 Å². The highest BCUT2D eigenvalue weighted by Gasteiger charge is 2.83. The number of rotatable bonds is 5. The van der Waals surface area contributed by atoms with Crippen molar-refractivity contribution in [1.82, 2.24) is 0 Å². The van der Waals surface area contributed by atoms with Crippen LogP contribution in [-0.4, -0.2) is 29.1 Å². The maximum absolute atomic E-state index is 13.6. The fourth-order valence-electron chi connectivity index (χ4n) is 1.88. The van der Waals surface area contributed by atoms with E-state index in [1.165, 1.54) is 13.0 Å². The molecule has 1 aromatic rings. The van der Waals surface area contributed by atoms with Crippen LogP contribution < -0.4 is 0 Å². The molecule has 0 bridgehead atoms. The molecule has 0 radical (unpaired) electrons. The normalized spacial score (nSPS) is 15.6. The first-order chi connectivity index (χ1) is 10.2. The molecule has 0 amide bonds. The second kappa shape index (κ2) is 5.88.